The highest BCUT2D eigenvalue weighted by Crippen LogP contribution is 2.16. The summed E-state index contributed by atoms with van der Waals surface area (Å²) < 4.78 is 4.92. The fourth-order valence-corrected chi connectivity index (χ4v) is 2.88. The van der Waals surface area contributed by atoms with E-state index in [2.05, 4.69) is 10.6 Å². The molecule has 1 aromatic heterocycles. The summed E-state index contributed by atoms with van der Waals surface area (Å²) in [6, 6.07) is 10.9. The smallest absolute Gasteiger partial charge is 0.348 e. The van der Waals surface area contributed by atoms with Crippen LogP contribution in [0.2, 0.25) is 0 Å². The van der Waals surface area contributed by atoms with Crippen LogP contribution in [-0.4, -0.2) is 30.9 Å². The van der Waals surface area contributed by atoms with Crippen molar-refractivity contribution in [3.8, 4) is 0 Å². The van der Waals surface area contributed by atoms with Gasteiger partial charge in [-0.05, 0) is 37.1 Å². The van der Waals surface area contributed by atoms with Crippen molar-refractivity contribution in [3.05, 3.63) is 51.7 Å². The fourth-order valence-electron chi connectivity index (χ4n) is 2.12. The van der Waals surface area contributed by atoms with Crippen LogP contribution in [0.25, 0.3) is 0 Å². The molecule has 0 unspecified atom stereocenters. The summed E-state index contributed by atoms with van der Waals surface area (Å²) in [5, 5.41) is 5.18. The molecule has 1 heterocycles. The molecule has 0 aliphatic carbocycles. The zero-order valence-electron chi connectivity index (χ0n) is 14.1. The molecule has 132 valence electrons. The van der Waals surface area contributed by atoms with Gasteiger partial charge in [0.05, 0.1) is 6.54 Å². The third-order valence-electron chi connectivity index (χ3n) is 3.39. The average molecular weight is 360 g/mol. The predicted molar refractivity (Wildman–Crippen MR) is 96.8 cm³/mol. The maximum Gasteiger partial charge on any atom is 0.348 e. The number of benzene rings is 1. The molecule has 7 heteroatoms. The molecule has 2 rings (SSSR count). The van der Waals surface area contributed by atoms with Gasteiger partial charge in [-0.25, -0.2) is 4.79 Å². The van der Waals surface area contributed by atoms with Gasteiger partial charge in [0, 0.05) is 10.6 Å². The second kappa shape index (κ2) is 8.98. The number of anilines is 1. The van der Waals surface area contributed by atoms with Gasteiger partial charge in [-0.1, -0.05) is 25.1 Å². The summed E-state index contributed by atoms with van der Waals surface area (Å²) in [7, 11) is 0. The summed E-state index contributed by atoms with van der Waals surface area (Å²) in [6.07, 6.45) is 0.793. The molecule has 0 bridgehead atoms. The molecule has 25 heavy (non-hydrogen) atoms. The van der Waals surface area contributed by atoms with Gasteiger partial charge in [-0.15, -0.1) is 11.3 Å². The molecular weight excluding hydrogens is 340 g/mol. The number of aryl methyl sites for hydroxylation is 2. The molecular formula is C18H20N2O4S. The van der Waals surface area contributed by atoms with Gasteiger partial charge in [0.25, 0.3) is 5.91 Å². The Kier molecular flexibility index (Phi) is 6.71. The Hall–Kier alpha value is -2.67. The lowest BCUT2D eigenvalue weighted by atomic mass is 10.1. The van der Waals surface area contributed by atoms with Gasteiger partial charge >= 0.3 is 5.97 Å². The summed E-state index contributed by atoms with van der Waals surface area (Å²) in [5.74, 6) is -1.41. The van der Waals surface area contributed by atoms with E-state index in [0.29, 0.717) is 4.88 Å². The Balaban J connectivity index is 1.74. The summed E-state index contributed by atoms with van der Waals surface area (Å²) >= 11 is 1.30. The van der Waals surface area contributed by atoms with E-state index in [0.717, 1.165) is 22.5 Å². The van der Waals surface area contributed by atoms with E-state index in [9.17, 15) is 14.4 Å². The lowest BCUT2D eigenvalue weighted by molar-refractivity contribution is -0.126. The van der Waals surface area contributed by atoms with E-state index >= 15 is 0 Å². The first-order valence-corrected chi connectivity index (χ1v) is 8.69. The number of ether oxygens (including phenoxy) is 1. The van der Waals surface area contributed by atoms with E-state index in [1.807, 2.05) is 38.1 Å². The number of carbonyl (C=O) groups is 3. The summed E-state index contributed by atoms with van der Waals surface area (Å²) in [6.45, 7) is 3.26. The molecule has 0 fully saturated rings. The second-order valence-corrected chi connectivity index (χ2v) is 6.61. The Labute approximate surface area is 150 Å². The van der Waals surface area contributed by atoms with Crippen LogP contribution in [0.15, 0.2) is 36.4 Å². The molecule has 2 amide bonds. The second-order valence-electron chi connectivity index (χ2n) is 5.32. The molecule has 1 aromatic carbocycles. The van der Waals surface area contributed by atoms with Gasteiger partial charge < -0.3 is 15.4 Å². The monoisotopic (exact) mass is 360 g/mol. The van der Waals surface area contributed by atoms with Crippen LogP contribution in [0.5, 0.6) is 0 Å². The Morgan fingerprint density at radius 2 is 1.84 bits per heavy atom. The third kappa shape index (κ3) is 5.72. The van der Waals surface area contributed by atoms with Gasteiger partial charge in [0.2, 0.25) is 5.91 Å². The van der Waals surface area contributed by atoms with Crippen molar-refractivity contribution in [2.24, 2.45) is 0 Å². The molecule has 0 spiro atoms. The number of carbonyl (C=O) groups excluding carboxylic acids is 3. The van der Waals surface area contributed by atoms with Crippen molar-refractivity contribution < 1.29 is 19.1 Å². The number of esters is 1. The van der Waals surface area contributed by atoms with E-state index in [-0.39, 0.29) is 12.5 Å². The van der Waals surface area contributed by atoms with Crippen molar-refractivity contribution in [2.45, 2.75) is 20.3 Å². The molecule has 0 atom stereocenters. The lowest BCUT2D eigenvalue weighted by Gasteiger charge is -2.10. The molecule has 2 aromatic rings. The lowest BCUT2D eigenvalue weighted by Crippen LogP contribution is -2.35. The molecule has 0 aliphatic rings. The molecule has 6 nitrogen and oxygen atoms in total. The first-order valence-electron chi connectivity index (χ1n) is 7.87. The zero-order valence-corrected chi connectivity index (χ0v) is 14.9. The highest BCUT2D eigenvalue weighted by atomic mass is 32.1. The highest BCUT2D eigenvalue weighted by molar-refractivity contribution is 7.13. The van der Waals surface area contributed by atoms with Crippen LogP contribution in [0.4, 0.5) is 5.69 Å². The van der Waals surface area contributed by atoms with E-state index in [1.165, 1.54) is 11.3 Å². The fraction of sp³-hybridized carbons (Fsp3) is 0.278. The maximum absolute atomic E-state index is 11.9. The Morgan fingerprint density at radius 1 is 1.08 bits per heavy atom. The average Bonchev–Trinajstić information content (AvgIpc) is 3.05. The first-order chi connectivity index (χ1) is 12.0. The van der Waals surface area contributed by atoms with E-state index in [4.69, 9.17) is 4.74 Å². The van der Waals surface area contributed by atoms with Gasteiger partial charge in [-0.2, -0.15) is 0 Å². The molecule has 0 saturated carbocycles. The predicted octanol–water partition coefficient (Wildman–Crippen LogP) is 2.53. The van der Waals surface area contributed by atoms with Crippen LogP contribution in [0, 0.1) is 6.92 Å². The van der Waals surface area contributed by atoms with Crippen molar-refractivity contribution >= 4 is 34.8 Å². The van der Waals surface area contributed by atoms with Crippen LogP contribution in [-0.2, 0) is 20.7 Å². The van der Waals surface area contributed by atoms with Crippen molar-refractivity contribution in [1.29, 1.82) is 0 Å². The Morgan fingerprint density at radius 3 is 2.52 bits per heavy atom. The van der Waals surface area contributed by atoms with Gasteiger partial charge in [0.15, 0.2) is 6.61 Å². The van der Waals surface area contributed by atoms with Gasteiger partial charge in [0.1, 0.15) is 4.88 Å². The van der Waals surface area contributed by atoms with Crippen LogP contribution >= 0.6 is 11.3 Å². The number of thiophene rings is 1. The minimum Gasteiger partial charge on any atom is -0.451 e. The van der Waals surface area contributed by atoms with Crippen LogP contribution in [0.1, 0.15) is 27.0 Å². The van der Waals surface area contributed by atoms with E-state index in [1.54, 1.807) is 12.1 Å². The molecule has 2 N–H and O–H groups in total. The number of amides is 2. The number of hydrogen-bond donors (Lipinski definition) is 2. The number of rotatable bonds is 7. The zero-order chi connectivity index (χ0) is 18.2. The summed E-state index contributed by atoms with van der Waals surface area (Å²) in [4.78, 5) is 36.8. The molecule has 0 aliphatic heterocycles. The third-order valence-corrected chi connectivity index (χ3v) is 4.38. The standard InChI is InChI=1S/C18H20N2O4S/c1-3-13-6-4-5-7-14(13)20-16(21)10-19-17(22)11-24-18(23)15-9-8-12(2)25-15/h4-9H,3,10-11H2,1-2H3,(H,19,22)(H,20,21). The molecule has 0 radical (unpaired) electrons. The van der Waals surface area contributed by atoms with E-state index < -0.39 is 18.5 Å². The first kappa shape index (κ1) is 18.7. The highest BCUT2D eigenvalue weighted by Gasteiger charge is 2.13. The minimum absolute atomic E-state index is 0.188. The van der Waals surface area contributed by atoms with Crippen LogP contribution < -0.4 is 10.6 Å². The van der Waals surface area contributed by atoms with Crippen molar-refractivity contribution in [3.63, 3.8) is 0 Å². The van der Waals surface area contributed by atoms with Crippen molar-refractivity contribution in [2.75, 3.05) is 18.5 Å². The number of hydrogen-bond acceptors (Lipinski definition) is 5. The summed E-state index contributed by atoms with van der Waals surface area (Å²) in [5.41, 5.74) is 1.74. The normalized spacial score (nSPS) is 10.2. The Bertz CT molecular complexity index is 770. The van der Waals surface area contributed by atoms with Crippen LogP contribution in [0.3, 0.4) is 0 Å². The van der Waals surface area contributed by atoms with Gasteiger partial charge in [-0.3, -0.25) is 9.59 Å². The number of nitrogens with one attached hydrogen (secondary N) is 2. The van der Waals surface area contributed by atoms with Crippen molar-refractivity contribution in [1.82, 2.24) is 5.32 Å². The largest absolute Gasteiger partial charge is 0.451 e. The molecule has 0 saturated heterocycles. The topological polar surface area (TPSA) is 84.5 Å². The maximum atomic E-state index is 11.9. The number of para-hydroxylation sites is 1. The minimum atomic E-state index is -0.547. The SMILES string of the molecule is CCc1ccccc1NC(=O)CNC(=O)COC(=O)c1ccc(C)s1. The quantitative estimate of drug-likeness (QED) is 0.743.